The van der Waals surface area contributed by atoms with E-state index < -0.39 is 0 Å². The molecule has 3 nitrogen and oxygen atoms in total. The van der Waals surface area contributed by atoms with Crippen molar-refractivity contribution in [2.75, 3.05) is 27.1 Å². The molecule has 0 aliphatic heterocycles. The molecule has 0 fully saturated rings. The quantitative estimate of drug-likeness (QED) is 0.544. The maximum Gasteiger partial charge on any atom is 0.146 e. The topological polar surface area (TPSA) is 27.7 Å². The minimum atomic E-state index is 0.374. The van der Waals surface area contributed by atoms with Crippen molar-refractivity contribution < 1.29 is 14.2 Å². The van der Waals surface area contributed by atoms with Crippen LogP contribution in [0.15, 0.2) is 35.7 Å². The minimum absolute atomic E-state index is 0.374. The summed E-state index contributed by atoms with van der Waals surface area (Å²) in [5.41, 5.74) is 2.54. The highest BCUT2D eigenvalue weighted by Crippen LogP contribution is 2.31. The van der Waals surface area contributed by atoms with Gasteiger partial charge < -0.3 is 14.2 Å². The van der Waals surface area contributed by atoms with Crippen LogP contribution in [0.3, 0.4) is 0 Å². The second kappa shape index (κ2) is 8.04. The molecule has 0 N–H and O–H groups in total. The number of rotatable bonds is 8. The van der Waals surface area contributed by atoms with Gasteiger partial charge in [-0.2, -0.15) is 0 Å². The smallest absolute Gasteiger partial charge is 0.146 e. The summed E-state index contributed by atoms with van der Waals surface area (Å²) in [4.78, 5) is 1.30. The fourth-order valence-corrected chi connectivity index (χ4v) is 2.87. The molecule has 2 rings (SSSR count). The molecule has 1 heterocycles. The van der Waals surface area contributed by atoms with E-state index in [0.717, 1.165) is 12.2 Å². The van der Waals surface area contributed by atoms with E-state index in [9.17, 15) is 0 Å². The molecule has 0 aliphatic rings. The Bertz CT molecular complexity index is 505. The molecule has 0 aliphatic carbocycles. The summed E-state index contributed by atoms with van der Waals surface area (Å²) >= 11 is 1.76. The molecule has 0 spiro atoms. The first-order chi connectivity index (χ1) is 9.85. The van der Waals surface area contributed by atoms with E-state index >= 15 is 0 Å². The molecule has 4 heteroatoms. The van der Waals surface area contributed by atoms with Gasteiger partial charge in [-0.25, -0.2) is 0 Å². The van der Waals surface area contributed by atoms with Crippen molar-refractivity contribution in [2.24, 2.45) is 0 Å². The summed E-state index contributed by atoms with van der Waals surface area (Å²) in [6, 6.07) is 10.3. The lowest BCUT2D eigenvalue weighted by atomic mass is 10.1. The number of hydrogen-bond donors (Lipinski definition) is 0. The van der Waals surface area contributed by atoms with E-state index in [0.29, 0.717) is 20.0 Å². The molecule has 0 unspecified atom stereocenters. The van der Waals surface area contributed by atoms with Crippen LogP contribution in [0.4, 0.5) is 0 Å². The molecule has 0 amide bonds. The van der Waals surface area contributed by atoms with E-state index in [1.807, 2.05) is 19.1 Å². The van der Waals surface area contributed by atoms with E-state index in [4.69, 9.17) is 14.2 Å². The van der Waals surface area contributed by atoms with Crippen LogP contribution in [0.1, 0.15) is 12.5 Å². The Labute approximate surface area is 124 Å². The minimum Gasteiger partial charge on any atom is -0.497 e. The van der Waals surface area contributed by atoms with Crippen LogP contribution in [-0.4, -0.2) is 27.1 Å². The van der Waals surface area contributed by atoms with Crippen LogP contribution in [-0.2, 0) is 15.9 Å². The second-order valence-electron chi connectivity index (χ2n) is 4.27. The molecule has 1 aromatic heterocycles. The van der Waals surface area contributed by atoms with E-state index in [1.54, 1.807) is 18.4 Å². The van der Waals surface area contributed by atoms with E-state index in [-0.39, 0.29) is 0 Å². The summed E-state index contributed by atoms with van der Waals surface area (Å²) in [7, 11) is 1.68. The van der Waals surface area contributed by atoms with Crippen molar-refractivity contribution in [3.63, 3.8) is 0 Å². The van der Waals surface area contributed by atoms with Crippen LogP contribution in [0.25, 0.3) is 10.4 Å². The third-order valence-electron chi connectivity index (χ3n) is 2.99. The van der Waals surface area contributed by atoms with Gasteiger partial charge in [-0.3, -0.25) is 0 Å². The number of ether oxygens (including phenoxy) is 3. The monoisotopic (exact) mass is 292 g/mol. The Hall–Kier alpha value is -1.36. The largest absolute Gasteiger partial charge is 0.497 e. The summed E-state index contributed by atoms with van der Waals surface area (Å²) in [6.07, 6.45) is 0.901. The standard InChI is InChI=1S/C16H20O3S/c1-3-18-12-19-10-8-14-9-11-20-16(14)13-4-6-15(17-2)7-5-13/h4-7,9,11H,3,8,10,12H2,1-2H3. The number of hydrogen-bond acceptors (Lipinski definition) is 4. The Morgan fingerprint density at radius 2 is 1.85 bits per heavy atom. The Morgan fingerprint density at radius 1 is 1.05 bits per heavy atom. The molecular formula is C16H20O3S. The normalized spacial score (nSPS) is 10.7. The van der Waals surface area contributed by atoms with Gasteiger partial charge in [-0.15, -0.1) is 11.3 Å². The van der Waals surface area contributed by atoms with Crippen molar-refractivity contribution in [3.05, 3.63) is 41.3 Å². The van der Waals surface area contributed by atoms with E-state index in [1.165, 1.54) is 16.0 Å². The molecule has 20 heavy (non-hydrogen) atoms. The highest BCUT2D eigenvalue weighted by Gasteiger charge is 2.07. The lowest BCUT2D eigenvalue weighted by Crippen LogP contribution is -2.03. The van der Waals surface area contributed by atoms with Gasteiger partial charge in [-0.1, -0.05) is 0 Å². The summed E-state index contributed by atoms with van der Waals surface area (Å²) in [6.45, 7) is 3.71. The van der Waals surface area contributed by atoms with Crippen LogP contribution < -0.4 is 4.74 Å². The average molecular weight is 292 g/mol. The van der Waals surface area contributed by atoms with Crippen molar-refractivity contribution in [1.82, 2.24) is 0 Å². The maximum atomic E-state index is 5.44. The number of thiophene rings is 1. The summed E-state index contributed by atoms with van der Waals surface area (Å²) in [5, 5.41) is 2.12. The van der Waals surface area contributed by atoms with Crippen molar-refractivity contribution in [2.45, 2.75) is 13.3 Å². The summed E-state index contributed by atoms with van der Waals surface area (Å²) in [5.74, 6) is 0.881. The number of methoxy groups -OCH3 is 1. The molecule has 0 radical (unpaired) electrons. The Kier molecular flexibility index (Phi) is 6.05. The Morgan fingerprint density at radius 3 is 2.55 bits per heavy atom. The van der Waals surface area contributed by atoms with Gasteiger partial charge in [0.05, 0.1) is 13.7 Å². The van der Waals surface area contributed by atoms with Crippen LogP contribution in [0.2, 0.25) is 0 Å². The second-order valence-corrected chi connectivity index (χ2v) is 5.19. The molecule has 0 saturated heterocycles. The first kappa shape index (κ1) is 15.0. The maximum absolute atomic E-state index is 5.44. The fourth-order valence-electron chi connectivity index (χ4n) is 1.91. The average Bonchev–Trinajstić information content (AvgIpc) is 2.95. The van der Waals surface area contributed by atoms with Crippen LogP contribution in [0, 0.1) is 0 Å². The van der Waals surface area contributed by atoms with Gasteiger partial charge in [0.15, 0.2) is 0 Å². The van der Waals surface area contributed by atoms with Gasteiger partial charge in [0.1, 0.15) is 12.5 Å². The zero-order valence-electron chi connectivity index (χ0n) is 11.9. The molecule has 2 aromatic rings. The number of benzene rings is 1. The SMILES string of the molecule is CCOCOCCc1ccsc1-c1ccc(OC)cc1. The van der Waals surface area contributed by atoms with Gasteiger partial charge >= 0.3 is 0 Å². The van der Waals surface area contributed by atoms with Crippen molar-refractivity contribution in [3.8, 4) is 16.2 Å². The van der Waals surface area contributed by atoms with Crippen molar-refractivity contribution in [1.29, 1.82) is 0 Å². The van der Waals surface area contributed by atoms with Crippen LogP contribution >= 0.6 is 11.3 Å². The fraction of sp³-hybridized carbons (Fsp3) is 0.375. The van der Waals surface area contributed by atoms with Gasteiger partial charge in [0, 0.05) is 11.5 Å². The van der Waals surface area contributed by atoms with Gasteiger partial charge in [-0.05, 0) is 60.2 Å². The zero-order valence-corrected chi connectivity index (χ0v) is 12.7. The molecule has 0 saturated carbocycles. The van der Waals surface area contributed by atoms with Gasteiger partial charge in [0.25, 0.3) is 0 Å². The summed E-state index contributed by atoms with van der Waals surface area (Å²) < 4.78 is 15.8. The third-order valence-corrected chi connectivity index (χ3v) is 3.99. The molecular weight excluding hydrogens is 272 g/mol. The lowest BCUT2D eigenvalue weighted by molar-refractivity contribution is -0.0481. The zero-order chi connectivity index (χ0) is 14.2. The first-order valence-corrected chi connectivity index (χ1v) is 7.59. The Balaban J connectivity index is 1.96. The van der Waals surface area contributed by atoms with Crippen molar-refractivity contribution >= 4 is 11.3 Å². The predicted molar refractivity (Wildman–Crippen MR) is 82.5 cm³/mol. The highest BCUT2D eigenvalue weighted by atomic mass is 32.1. The highest BCUT2D eigenvalue weighted by molar-refractivity contribution is 7.13. The third kappa shape index (κ3) is 4.07. The van der Waals surface area contributed by atoms with Gasteiger partial charge in [0.2, 0.25) is 0 Å². The lowest BCUT2D eigenvalue weighted by Gasteiger charge is -2.06. The molecule has 1 aromatic carbocycles. The predicted octanol–water partition coefficient (Wildman–Crippen LogP) is 3.98. The molecule has 0 atom stereocenters. The van der Waals surface area contributed by atoms with Crippen LogP contribution in [0.5, 0.6) is 5.75 Å². The molecule has 0 bridgehead atoms. The molecule has 108 valence electrons. The van der Waals surface area contributed by atoms with E-state index in [2.05, 4.69) is 23.6 Å². The first-order valence-electron chi connectivity index (χ1n) is 6.71.